The van der Waals surface area contributed by atoms with Crippen molar-refractivity contribution < 1.29 is 14.6 Å². The maximum Gasteiger partial charge on any atom is 0.162 e. The predicted molar refractivity (Wildman–Crippen MR) is 82.3 cm³/mol. The van der Waals surface area contributed by atoms with Gasteiger partial charge in [-0.15, -0.1) is 0 Å². The second kappa shape index (κ2) is 5.77. The second-order valence-electron chi connectivity index (χ2n) is 5.36. The number of aliphatic hydroxyl groups is 1. The molecule has 3 rings (SSSR count). The SMILES string of the molecule is CC(C)N(CCO)c1nccc2cc3c(cc12)OCCO3. The van der Waals surface area contributed by atoms with E-state index in [4.69, 9.17) is 9.47 Å². The lowest BCUT2D eigenvalue weighted by molar-refractivity contribution is 0.172. The summed E-state index contributed by atoms with van der Waals surface area (Å²) in [5.74, 6) is 2.41. The maximum atomic E-state index is 9.30. The molecule has 0 fully saturated rings. The molecule has 1 N–H and O–H groups in total. The van der Waals surface area contributed by atoms with Crippen molar-refractivity contribution in [2.24, 2.45) is 0 Å². The summed E-state index contributed by atoms with van der Waals surface area (Å²) >= 11 is 0. The molecule has 5 nitrogen and oxygen atoms in total. The van der Waals surface area contributed by atoms with Crippen molar-refractivity contribution >= 4 is 16.6 Å². The molecule has 112 valence electrons. The van der Waals surface area contributed by atoms with Crippen LogP contribution in [0.1, 0.15) is 13.8 Å². The molecular weight excluding hydrogens is 268 g/mol. The van der Waals surface area contributed by atoms with Crippen LogP contribution >= 0.6 is 0 Å². The lowest BCUT2D eigenvalue weighted by Crippen LogP contribution is -2.34. The average molecular weight is 288 g/mol. The molecule has 1 aliphatic rings. The number of aromatic nitrogens is 1. The molecule has 21 heavy (non-hydrogen) atoms. The minimum atomic E-state index is 0.0980. The first kappa shape index (κ1) is 13.9. The van der Waals surface area contributed by atoms with Crippen molar-refractivity contribution in [2.45, 2.75) is 19.9 Å². The molecule has 2 aromatic rings. The third kappa shape index (κ3) is 2.61. The zero-order chi connectivity index (χ0) is 14.8. The van der Waals surface area contributed by atoms with E-state index in [1.807, 2.05) is 18.2 Å². The number of pyridine rings is 1. The number of hydrogen-bond acceptors (Lipinski definition) is 5. The Hall–Kier alpha value is -2.01. The van der Waals surface area contributed by atoms with Crippen molar-refractivity contribution in [3.05, 3.63) is 24.4 Å². The van der Waals surface area contributed by atoms with E-state index in [2.05, 4.69) is 23.7 Å². The van der Waals surface area contributed by atoms with E-state index in [-0.39, 0.29) is 12.6 Å². The van der Waals surface area contributed by atoms with Crippen LogP contribution in [0, 0.1) is 0 Å². The van der Waals surface area contributed by atoms with Crippen LogP contribution in [-0.2, 0) is 0 Å². The second-order valence-corrected chi connectivity index (χ2v) is 5.36. The van der Waals surface area contributed by atoms with Crippen LogP contribution in [0.5, 0.6) is 11.5 Å². The zero-order valence-corrected chi connectivity index (χ0v) is 12.4. The molecule has 0 radical (unpaired) electrons. The Morgan fingerprint density at radius 2 is 1.95 bits per heavy atom. The van der Waals surface area contributed by atoms with Gasteiger partial charge in [-0.3, -0.25) is 0 Å². The van der Waals surface area contributed by atoms with E-state index in [0.717, 1.165) is 28.1 Å². The lowest BCUT2D eigenvalue weighted by Gasteiger charge is -2.28. The van der Waals surface area contributed by atoms with E-state index in [1.54, 1.807) is 6.20 Å². The number of fused-ring (bicyclic) bond motifs is 2. The van der Waals surface area contributed by atoms with Crippen molar-refractivity contribution in [3.63, 3.8) is 0 Å². The Kier molecular flexibility index (Phi) is 3.84. The standard InChI is InChI=1S/C16H20N2O3/c1-11(2)18(5-6-19)16-13-10-15-14(20-7-8-21-15)9-12(13)3-4-17-16/h3-4,9-11,19H,5-8H2,1-2H3. The summed E-state index contributed by atoms with van der Waals surface area (Å²) in [6, 6.07) is 6.20. The highest BCUT2D eigenvalue weighted by atomic mass is 16.6. The van der Waals surface area contributed by atoms with Crippen LogP contribution in [0.15, 0.2) is 24.4 Å². The van der Waals surface area contributed by atoms with Crippen molar-refractivity contribution in [2.75, 3.05) is 31.3 Å². The predicted octanol–water partition coefficient (Wildman–Crippen LogP) is 2.21. The Morgan fingerprint density at radius 1 is 1.24 bits per heavy atom. The van der Waals surface area contributed by atoms with E-state index in [1.165, 1.54) is 0 Å². The Bertz CT molecular complexity index is 643. The molecule has 1 aromatic heterocycles. The first-order valence-corrected chi connectivity index (χ1v) is 7.26. The van der Waals surface area contributed by atoms with Gasteiger partial charge in [-0.1, -0.05) is 0 Å². The van der Waals surface area contributed by atoms with Gasteiger partial charge in [0.15, 0.2) is 11.5 Å². The fourth-order valence-corrected chi connectivity index (χ4v) is 2.64. The number of benzene rings is 1. The number of anilines is 1. The normalized spacial score (nSPS) is 13.7. The molecule has 0 atom stereocenters. The first-order chi connectivity index (χ1) is 10.2. The minimum absolute atomic E-state index is 0.0980. The van der Waals surface area contributed by atoms with Crippen LogP contribution in [0.25, 0.3) is 10.8 Å². The lowest BCUT2D eigenvalue weighted by atomic mass is 10.1. The Balaban J connectivity index is 2.14. The van der Waals surface area contributed by atoms with E-state index >= 15 is 0 Å². The molecule has 0 spiro atoms. The van der Waals surface area contributed by atoms with Crippen LogP contribution in [0.2, 0.25) is 0 Å². The van der Waals surface area contributed by atoms with Gasteiger partial charge in [0.2, 0.25) is 0 Å². The van der Waals surface area contributed by atoms with Gasteiger partial charge in [0.1, 0.15) is 19.0 Å². The number of hydrogen-bond donors (Lipinski definition) is 1. The molecule has 0 amide bonds. The molecule has 5 heteroatoms. The fourth-order valence-electron chi connectivity index (χ4n) is 2.64. The summed E-state index contributed by atoms with van der Waals surface area (Å²) in [5.41, 5.74) is 0. The number of nitrogens with zero attached hydrogens (tertiary/aromatic N) is 2. The quantitative estimate of drug-likeness (QED) is 0.935. The van der Waals surface area contributed by atoms with Gasteiger partial charge in [0, 0.05) is 24.2 Å². The van der Waals surface area contributed by atoms with Crippen molar-refractivity contribution in [3.8, 4) is 11.5 Å². The van der Waals surface area contributed by atoms with Crippen LogP contribution in [0.3, 0.4) is 0 Å². The summed E-state index contributed by atoms with van der Waals surface area (Å²) < 4.78 is 11.3. The van der Waals surface area contributed by atoms with E-state index in [9.17, 15) is 5.11 Å². The molecule has 0 bridgehead atoms. The van der Waals surface area contributed by atoms with E-state index in [0.29, 0.717) is 19.8 Å². The molecular formula is C16H20N2O3. The van der Waals surface area contributed by atoms with Gasteiger partial charge in [0.05, 0.1) is 6.61 Å². The highest BCUT2D eigenvalue weighted by molar-refractivity contribution is 5.94. The molecule has 0 aliphatic carbocycles. The molecule has 2 heterocycles. The van der Waals surface area contributed by atoms with Gasteiger partial charge >= 0.3 is 0 Å². The van der Waals surface area contributed by atoms with Crippen molar-refractivity contribution in [1.82, 2.24) is 4.98 Å². The Morgan fingerprint density at radius 3 is 2.62 bits per heavy atom. The summed E-state index contributed by atoms with van der Waals surface area (Å²) in [7, 11) is 0. The van der Waals surface area contributed by atoms with Gasteiger partial charge < -0.3 is 19.5 Å². The Labute approximate surface area is 124 Å². The third-order valence-electron chi connectivity index (χ3n) is 3.64. The largest absolute Gasteiger partial charge is 0.486 e. The molecule has 0 saturated carbocycles. The topological polar surface area (TPSA) is 54.8 Å². The summed E-state index contributed by atoms with van der Waals surface area (Å²) in [6.07, 6.45) is 1.79. The van der Waals surface area contributed by atoms with Gasteiger partial charge in [-0.05, 0) is 37.4 Å². The van der Waals surface area contributed by atoms with Crippen LogP contribution in [-0.4, -0.2) is 42.5 Å². The van der Waals surface area contributed by atoms with Gasteiger partial charge in [-0.25, -0.2) is 4.98 Å². The highest BCUT2D eigenvalue weighted by Gasteiger charge is 2.18. The summed E-state index contributed by atoms with van der Waals surface area (Å²) in [4.78, 5) is 6.61. The smallest absolute Gasteiger partial charge is 0.162 e. The van der Waals surface area contributed by atoms with E-state index < -0.39 is 0 Å². The first-order valence-electron chi connectivity index (χ1n) is 7.26. The fraction of sp³-hybridized carbons (Fsp3) is 0.438. The van der Waals surface area contributed by atoms with Crippen LogP contribution < -0.4 is 14.4 Å². The summed E-state index contributed by atoms with van der Waals surface area (Å²) in [5, 5.41) is 11.4. The highest BCUT2D eigenvalue weighted by Crippen LogP contribution is 2.37. The van der Waals surface area contributed by atoms with Crippen molar-refractivity contribution in [1.29, 1.82) is 0 Å². The molecule has 0 saturated heterocycles. The molecule has 0 unspecified atom stereocenters. The van der Waals surface area contributed by atoms with Crippen LogP contribution in [0.4, 0.5) is 5.82 Å². The summed E-state index contributed by atoms with van der Waals surface area (Å²) in [6.45, 7) is 5.99. The average Bonchev–Trinajstić information content (AvgIpc) is 2.50. The molecule has 1 aliphatic heterocycles. The number of aliphatic hydroxyl groups excluding tert-OH is 1. The maximum absolute atomic E-state index is 9.30. The number of rotatable bonds is 4. The molecule has 1 aromatic carbocycles. The van der Waals surface area contributed by atoms with Gasteiger partial charge in [-0.2, -0.15) is 0 Å². The zero-order valence-electron chi connectivity index (χ0n) is 12.4. The monoisotopic (exact) mass is 288 g/mol. The van der Waals surface area contributed by atoms with Gasteiger partial charge in [0.25, 0.3) is 0 Å². The third-order valence-corrected chi connectivity index (χ3v) is 3.64. The number of ether oxygens (including phenoxy) is 2. The minimum Gasteiger partial charge on any atom is -0.486 e.